The van der Waals surface area contributed by atoms with E-state index in [2.05, 4.69) is 19.1 Å². The average molecular weight is 590 g/mol. The predicted octanol–water partition coefficient (Wildman–Crippen LogP) is 9.86. The molecule has 0 aliphatic rings. The molecule has 0 aliphatic heterocycles. The molecule has 5 aromatic rings. The molecule has 0 aliphatic carbocycles. The highest BCUT2D eigenvalue weighted by atomic mass is 16.3. The second-order valence-electron chi connectivity index (χ2n) is 12.3. The fourth-order valence-electron chi connectivity index (χ4n) is 6.78. The molecule has 3 aromatic carbocycles. The first kappa shape index (κ1) is 31.3. The van der Waals surface area contributed by atoms with Gasteiger partial charge in [-0.05, 0) is 24.6 Å². The van der Waals surface area contributed by atoms with Crippen LogP contribution in [-0.4, -0.2) is 4.57 Å². The van der Waals surface area contributed by atoms with Crippen LogP contribution >= 0.6 is 0 Å². The number of aromatic nitrogens is 1. The van der Waals surface area contributed by atoms with Crippen molar-refractivity contribution < 1.29 is 4.42 Å². The van der Waals surface area contributed by atoms with Crippen LogP contribution in [0.5, 0.6) is 0 Å². The molecule has 0 atom stereocenters. The third kappa shape index (κ3) is 6.51. The Balaban J connectivity index is 1.22. The molecule has 228 valence electrons. The van der Waals surface area contributed by atoms with E-state index in [4.69, 9.17) is 4.42 Å². The number of pyridine rings is 1. The van der Waals surface area contributed by atoms with Crippen LogP contribution in [-0.2, 0) is 6.54 Å². The Kier molecular flexibility index (Phi) is 10.7. The lowest BCUT2D eigenvalue weighted by molar-refractivity contribution is 0.517. The molecule has 2 heterocycles. The van der Waals surface area contributed by atoms with E-state index in [1.807, 2.05) is 18.2 Å². The van der Waals surface area contributed by atoms with Crippen LogP contribution in [0.1, 0.15) is 121 Å². The van der Waals surface area contributed by atoms with Crippen molar-refractivity contribution in [2.75, 3.05) is 0 Å². The van der Waals surface area contributed by atoms with Crippen LogP contribution in [0.4, 0.5) is 0 Å². The molecule has 0 fully saturated rings. The number of rotatable bonds is 17. The SMILES string of the molecule is CCCCCCCCCCCCCCCCCCn1c(=O)c2cc(C#N)c3oc4ccccc4c4c(C#N)cc(c1=O)c2c34. The lowest BCUT2D eigenvalue weighted by Crippen LogP contribution is -2.33. The van der Waals surface area contributed by atoms with Crippen molar-refractivity contribution in [2.45, 2.75) is 116 Å². The lowest BCUT2D eigenvalue weighted by atomic mass is 9.91. The Hall–Kier alpha value is -4.16. The van der Waals surface area contributed by atoms with Gasteiger partial charge in [-0.15, -0.1) is 0 Å². The maximum absolute atomic E-state index is 13.7. The third-order valence-electron chi connectivity index (χ3n) is 9.15. The van der Waals surface area contributed by atoms with Gasteiger partial charge >= 0.3 is 0 Å². The van der Waals surface area contributed by atoms with E-state index in [0.717, 1.165) is 19.3 Å². The zero-order chi connectivity index (χ0) is 30.9. The summed E-state index contributed by atoms with van der Waals surface area (Å²) < 4.78 is 7.44. The van der Waals surface area contributed by atoms with Crippen molar-refractivity contribution in [1.29, 1.82) is 10.5 Å². The van der Waals surface area contributed by atoms with E-state index in [1.165, 1.54) is 88.0 Å². The van der Waals surface area contributed by atoms with Gasteiger partial charge in [0, 0.05) is 28.1 Å². The third-order valence-corrected chi connectivity index (χ3v) is 9.15. The van der Waals surface area contributed by atoms with Gasteiger partial charge in [-0.2, -0.15) is 10.5 Å². The number of unbranched alkanes of at least 4 members (excludes halogenated alkanes) is 15. The number of nitrogens with zero attached hydrogens (tertiary/aromatic N) is 3. The van der Waals surface area contributed by atoms with E-state index in [1.54, 1.807) is 18.2 Å². The Bertz CT molecular complexity index is 1900. The van der Waals surface area contributed by atoms with Crippen LogP contribution in [0.15, 0.2) is 50.4 Å². The summed E-state index contributed by atoms with van der Waals surface area (Å²) in [5.41, 5.74) is 0.604. The van der Waals surface area contributed by atoms with Gasteiger partial charge in [0.05, 0.1) is 28.0 Å². The molecule has 0 saturated carbocycles. The molecule has 0 amide bonds. The summed E-state index contributed by atoms with van der Waals surface area (Å²) in [5.74, 6) is 0. The van der Waals surface area contributed by atoms with Gasteiger partial charge < -0.3 is 4.42 Å². The highest BCUT2D eigenvalue weighted by Gasteiger charge is 2.23. The molecule has 6 heteroatoms. The first-order valence-corrected chi connectivity index (χ1v) is 16.7. The van der Waals surface area contributed by atoms with Crippen molar-refractivity contribution in [3.63, 3.8) is 0 Å². The lowest BCUT2D eigenvalue weighted by Gasteiger charge is -2.16. The topological polar surface area (TPSA) is 99.8 Å². The van der Waals surface area contributed by atoms with E-state index in [0.29, 0.717) is 55.6 Å². The largest absolute Gasteiger partial charge is 0.455 e. The summed E-state index contributed by atoms with van der Waals surface area (Å²) in [6, 6.07) is 14.9. The van der Waals surface area contributed by atoms with Crippen LogP contribution in [0.25, 0.3) is 43.5 Å². The van der Waals surface area contributed by atoms with E-state index in [9.17, 15) is 20.1 Å². The minimum atomic E-state index is -0.388. The van der Waals surface area contributed by atoms with E-state index >= 15 is 0 Å². The Labute approximate surface area is 259 Å². The van der Waals surface area contributed by atoms with Gasteiger partial charge in [-0.1, -0.05) is 121 Å². The summed E-state index contributed by atoms with van der Waals surface area (Å²) in [6.45, 7) is 2.59. The van der Waals surface area contributed by atoms with Crippen molar-refractivity contribution in [1.82, 2.24) is 4.57 Å². The normalized spacial score (nSPS) is 11.6. The first-order valence-electron chi connectivity index (χ1n) is 16.7. The van der Waals surface area contributed by atoms with Crippen LogP contribution in [0.3, 0.4) is 0 Å². The Morgan fingerprint density at radius 1 is 0.614 bits per heavy atom. The number of benzene rings is 3. The highest BCUT2D eigenvalue weighted by Crippen LogP contribution is 2.40. The number of nitriles is 2. The molecule has 0 saturated heterocycles. The zero-order valence-electron chi connectivity index (χ0n) is 26.1. The molecule has 0 bridgehead atoms. The van der Waals surface area contributed by atoms with Gasteiger partial charge in [0.15, 0.2) is 5.58 Å². The molecule has 6 nitrogen and oxygen atoms in total. The maximum atomic E-state index is 13.7. The number of fused-ring (bicyclic) bond motifs is 2. The van der Waals surface area contributed by atoms with Crippen LogP contribution in [0, 0.1) is 22.7 Å². The smallest absolute Gasteiger partial charge is 0.261 e. The van der Waals surface area contributed by atoms with E-state index in [-0.39, 0.29) is 16.7 Å². The fourth-order valence-corrected chi connectivity index (χ4v) is 6.78. The molecule has 0 unspecified atom stereocenters. The maximum Gasteiger partial charge on any atom is 0.261 e. The molecule has 2 aromatic heterocycles. The highest BCUT2D eigenvalue weighted by molar-refractivity contribution is 6.28. The molecular formula is C38H43N3O3. The average Bonchev–Trinajstić information content (AvgIpc) is 3.05. The quantitative estimate of drug-likeness (QED) is 0.0610. The molecule has 0 radical (unpaired) electrons. The molecular weight excluding hydrogens is 546 g/mol. The summed E-state index contributed by atoms with van der Waals surface area (Å²) in [5, 5.41) is 23.0. The first-order chi connectivity index (χ1) is 21.6. The van der Waals surface area contributed by atoms with Crippen molar-refractivity contribution in [3.8, 4) is 12.1 Å². The molecule has 0 spiro atoms. The number of hydrogen-bond donors (Lipinski definition) is 0. The Morgan fingerprint density at radius 3 is 1.66 bits per heavy atom. The van der Waals surface area contributed by atoms with Gasteiger partial charge in [-0.25, -0.2) is 0 Å². The van der Waals surface area contributed by atoms with E-state index < -0.39 is 0 Å². The predicted molar refractivity (Wildman–Crippen MR) is 179 cm³/mol. The summed E-state index contributed by atoms with van der Waals surface area (Å²) in [4.78, 5) is 27.4. The van der Waals surface area contributed by atoms with Crippen LogP contribution in [0.2, 0.25) is 0 Å². The summed E-state index contributed by atoms with van der Waals surface area (Å²) in [6.07, 6.45) is 20.1. The molecule has 5 rings (SSSR count). The second-order valence-corrected chi connectivity index (χ2v) is 12.3. The monoisotopic (exact) mass is 589 g/mol. The summed E-state index contributed by atoms with van der Waals surface area (Å²) >= 11 is 0. The van der Waals surface area contributed by atoms with Crippen LogP contribution < -0.4 is 11.1 Å². The number of hydrogen-bond acceptors (Lipinski definition) is 5. The fraction of sp³-hybridized carbons (Fsp3) is 0.474. The van der Waals surface area contributed by atoms with Gasteiger partial charge in [0.2, 0.25) is 0 Å². The molecule has 0 N–H and O–H groups in total. The van der Waals surface area contributed by atoms with Gasteiger partial charge in [0.1, 0.15) is 11.7 Å². The van der Waals surface area contributed by atoms with Gasteiger partial charge in [-0.3, -0.25) is 14.2 Å². The standard InChI is InChI=1S/C38H43N3O3/c1-2-3-4-5-6-7-8-9-10-11-12-13-14-15-16-19-22-41-37(42)30-23-27(25-39)33-29-20-17-18-21-32(29)44-36-28(26-40)24-31(38(41)43)34(30)35(33)36/h17-18,20-21,23-24H,2-16,19,22H2,1H3. The Morgan fingerprint density at radius 2 is 1.11 bits per heavy atom. The van der Waals surface area contributed by atoms with Gasteiger partial charge in [0.25, 0.3) is 11.1 Å². The minimum absolute atomic E-state index is 0.217. The van der Waals surface area contributed by atoms with Crippen molar-refractivity contribution in [2.24, 2.45) is 0 Å². The number of para-hydroxylation sites is 1. The molecule has 44 heavy (non-hydrogen) atoms. The minimum Gasteiger partial charge on any atom is -0.455 e. The second kappa shape index (κ2) is 15.0. The van der Waals surface area contributed by atoms with Crippen molar-refractivity contribution in [3.05, 3.63) is 68.2 Å². The van der Waals surface area contributed by atoms with Crippen molar-refractivity contribution >= 4 is 43.5 Å². The summed E-state index contributed by atoms with van der Waals surface area (Å²) in [7, 11) is 0. The zero-order valence-corrected chi connectivity index (χ0v) is 26.1.